The maximum Gasteiger partial charge on any atom is 0.237 e. The Morgan fingerprint density at radius 3 is 2.50 bits per heavy atom. The molecule has 1 N–H and O–H groups in total. The Bertz CT molecular complexity index is 539. The first-order valence-corrected chi connectivity index (χ1v) is 9.13. The lowest BCUT2D eigenvalue weighted by Gasteiger charge is -2.21. The summed E-state index contributed by atoms with van der Waals surface area (Å²) < 4.78 is 0.845. The fourth-order valence-electron chi connectivity index (χ4n) is 2.53. The average Bonchev–Trinajstić information content (AvgIpc) is 3.01. The Kier molecular flexibility index (Phi) is 6.26. The lowest BCUT2D eigenvalue weighted by molar-refractivity contribution is -0.115. The molecule has 5 heteroatoms. The highest BCUT2D eigenvalue weighted by Gasteiger charge is 2.22. The number of rotatable bonds is 4. The second-order valence-corrected chi connectivity index (χ2v) is 7.93. The fourth-order valence-corrected chi connectivity index (χ4v) is 3.94. The van der Waals surface area contributed by atoms with Crippen LogP contribution in [0.25, 0.3) is 0 Å². The van der Waals surface area contributed by atoms with Crippen LogP contribution in [-0.4, -0.2) is 33.5 Å². The molecule has 1 fully saturated rings. The molecule has 1 aromatic carbocycles. The third-order valence-corrected chi connectivity index (χ3v) is 5.43. The summed E-state index contributed by atoms with van der Waals surface area (Å²) in [6.07, 6.45) is 2.39. The minimum absolute atomic E-state index is 0.0136. The van der Waals surface area contributed by atoms with E-state index in [2.05, 4.69) is 30.1 Å². The van der Waals surface area contributed by atoms with Gasteiger partial charge in [0.25, 0.3) is 0 Å². The zero-order valence-electron chi connectivity index (χ0n) is 13.5. The quantitative estimate of drug-likeness (QED) is 0.833. The number of amides is 1. The maximum absolute atomic E-state index is 12.4. The van der Waals surface area contributed by atoms with E-state index in [1.165, 1.54) is 24.6 Å². The molecule has 120 valence electrons. The van der Waals surface area contributed by atoms with Gasteiger partial charge >= 0.3 is 0 Å². The van der Waals surface area contributed by atoms with E-state index in [0.29, 0.717) is 5.92 Å². The van der Waals surface area contributed by atoms with Gasteiger partial charge in [-0.2, -0.15) is 0 Å². The van der Waals surface area contributed by atoms with Crippen LogP contribution in [0.3, 0.4) is 0 Å². The summed E-state index contributed by atoms with van der Waals surface area (Å²) in [5.41, 5.74) is 2.07. The number of thioether (sulfide) groups is 1. The molecule has 3 nitrogen and oxygen atoms in total. The number of anilines is 1. The Morgan fingerprint density at radius 2 is 1.86 bits per heavy atom. The van der Waals surface area contributed by atoms with Gasteiger partial charge in [0.2, 0.25) is 5.91 Å². The number of thiocarbonyl (C=S) groups is 1. The van der Waals surface area contributed by atoms with Crippen LogP contribution < -0.4 is 5.32 Å². The predicted molar refractivity (Wildman–Crippen MR) is 99.6 cm³/mol. The van der Waals surface area contributed by atoms with Gasteiger partial charge in [0, 0.05) is 18.8 Å². The zero-order valence-corrected chi connectivity index (χ0v) is 15.1. The average molecular weight is 337 g/mol. The Hall–Kier alpha value is -1.07. The summed E-state index contributed by atoms with van der Waals surface area (Å²) in [7, 11) is 0. The van der Waals surface area contributed by atoms with Crippen molar-refractivity contribution >= 4 is 39.9 Å². The summed E-state index contributed by atoms with van der Waals surface area (Å²) in [5.74, 6) is 0.393. The van der Waals surface area contributed by atoms with Crippen molar-refractivity contribution < 1.29 is 4.79 Å². The van der Waals surface area contributed by atoms with Crippen molar-refractivity contribution in [1.29, 1.82) is 0 Å². The van der Waals surface area contributed by atoms with Gasteiger partial charge in [0.05, 0.1) is 5.25 Å². The number of hydrogen-bond donors (Lipinski definition) is 1. The number of nitrogens with one attached hydrogen (secondary N) is 1. The number of likely N-dealkylation sites (tertiary alicyclic amines) is 1. The van der Waals surface area contributed by atoms with Gasteiger partial charge in [-0.05, 0) is 37.3 Å². The highest BCUT2D eigenvalue weighted by Crippen LogP contribution is 2.26. The molecule has 22 heavy (non-hydrogen) atoms. The molecule has 0 radical (unpaired) electrons. The highest BCUT2D eigenvalue weighted by molar-refractivity contribution is 8.23. The highest BCUT2D eigenvalue weighted by atomic mass is 32.2. The van der Waals surface area contributed by atoms with E-state index in [9.17, 15) is 4.79 Å². The van der Waals surface area contributed by atoms with Gasteiger partial charge in [-0.3, -0.25) is 4.79 Å². The largest absolute Gasteiger partial charge is 0.358 e. The van der Waals surface area contributed by atoms with Crippen molar-refractivity contribution in [3.05, 3.63) is 29.8 Å². The molecule has 1 aliphatic rings. The summed E-state index contributed by atoms with van der Waals surface area (Å²) >= 11 is 6.93. The molecule has 1 saturated heterocycles. The van der Waals surface area contributed by atoms with Gasteiger partial charge < -0.3 is 10.2 Å². The van der Waals surface area contributed by atoms with Crippen LogP contribution in [0.2, 0.25) is 0 Å². The molecule has 0 saturated carbocycles. The van der Waals surface area contributed by atoms with E-state index >= 15 is 0 Å². The van der Waals surface area contributed by atoms with E-state index < -0.39 is 0 Å². The molecule has 1 amide bonds. The smallest absolute Gasteiger partial charge is 0.237 e. The van der Waals surface area contributed by atoms with Crippen LogP contribution in [-0.2, 0) is 4.79 Å². The molecule has 0 aliphatic carbocycles. The van der Waals surface area contributed by atoms with Crippen LogP contribution >= 0.6 is 24.0 Å². The molecule has 2 rings (SSSR count). The minimum atomic E-state index is -0.187. The number of para-hydroxylation sites is 1. The Balaban J connectivity index is 1.95. The Labute approximate surface area is 142 Å². The summed E-state index contributed by atoms with van der Waals surface area (Å²) in [4.78, 5) is 14.6. The van der Waals surface area contributed by atoms with E-state index in [-0.39, 0.29) is 11.2 Å². The second-order valence-electron chi connectivity index (χ2n) is 5.95. The third kappa shape index (κ3) is 4.46. The molecule has 1 atom stereocenters. The van der Waals surface area contributed by atoms with Gasteiger partial charge in [-0.1, -0.05) is 56.0 Å². The van der Waals surface area contributed by atoms with Crippen LogP contribution in [0.15, 0.2) is 24.3 Å². The summed E-state index contributed by atoms with van der Waals surface area (Å²) in [6.45, 7) is 8.23. The van der Waals surface area contributed by atoms with Crippen molar-refractivity contribution in [2.45, 2.75) is 44.8 Å². The van der Waals surface area contributed by atoms with Crippen molar-refractivity contribution in [3.63, 3.8) is 0 Å². The topological polar surface area (TPSA) is 32.3 Å². The first-order valence-electron chi connectivity index (χ1n) is 7.84. The lowest BCUT2D eigenvalue weighted by Crippen LogP contribution is -2.29. The van der Waals surface area contributed by atoms with E-state index in [1.807, 2.05) is 25.1 Å². The number of hydrogen-bond acceptors (Lipinski definition) is 3. The van der Waals surface area contributed by atoms with Crippen molar-refractivity contribution in [1.82, 2.24) is 4.90 Å². The number of nitrogens with zero attached hydrogens (tertiary/aromatic N) is 1. The molecule has 0 spiro atoms. The van der Waals surface area contributed by atoms with Crippen molar-refractivity contribution in [2.24, 2.45) is 0 Å². The standard InChI is InChI=1S/C17H24N2OS2/c1-12(2)14-8-4-5-9-15(14)18-16(20)13(3)22-17(21)19-10-6-7-11-19/h4-5,8-9,12-13H,6-7,10-11H2,1-3H3,(H,18,20)/t13-/m1/s1. The van der Waals surface area contributed by atoms with E-state index in [1.54, 1.807) is 0 Å². The fraction of sp³-hybridized carbons (Fsp3) is 0.529. The Morgan fingerprint density at radius 1 is 1.23 bits per heavy atom. The SMILES string of the molecule is CC(C)c1ccccc1NC(=O)[C@@H](C)SC(=S)N1CCCC1. The minimum Gasteiger partial charge on any atom is -0.358 e. The molecule has 1 heterocycles. The maximum atomic E-state index is 12.4. The van der Waals surface area contributed by atoms with Gasteiger partial charge in [0.15, 0.2) is 0 Å². The number of carbonyl (C=O) groups is 1. The van der Waals surface area contributed by atoms with Gasteiger partial charge in [-0.15, -0.1) is 0 Å². The molecule has 1 aliphatic heterocycles. The van der Waals surface area contributed by atoms with Gasteiger partial charge in [0.1, 0.15) is 4.32 Å². The van der Waals surface area contributed by atoms with E-state index in [4.69, 9.17) is 12.2 Å². The van der Waals surface area contributed by atoms with Crippen molar-refractivity contribution in [2.75, 3.05) is 18.4 Å². The number of benzene rings is 1. The van der Waals surface area contributed by atoms with Crippen molar-refractivity contribution in [3.8, 4) is 0 Å². The molecule has 0 aromatic heterocycles. The third-order valence-electron chi connectivity index (χ3n) is 3.85. The molecule has 0 unspecified atom stereocenters. The first-order chi connectivity index (χ1) is 10.5. The normalized spacial score (nSPS) is 15.9. The zero-order chi connectivity index (χ0) is 16.1. The predicted octanol–water partition coefficient (Wildman–Crippen LogP) is 4.25. The van der Waals surface area contributed by atoms with Crippen LogP contribution in [0.5, 0.6) is 0 Å². The number of carbonyl (C=O) groups excluding carboxylic acids is 1. The molecular weight excluding hydrogens is 312 g/mol. The first kappa shape index (κ1) is 17.3. The molecule has 1 aromatic rings. The summed E-state index contributed by atoms with van der Waals surface area (Å²) in [6, 6.07) is 7.98. The molecular formula is C17H24N2OS2. The van der Waals surface area contributed by atoms with Gasteiger partial charge in [-0.25, -0.2) is 0 Å². The van der Waals surface area contributed by atoms with Crippen LogP contribution in [0, 0.1) is 0 Å². The lowest BCUT2D eigenvalue weighted by atomic mass is 10.0. The van der Waals surface area contributed by atoms with Crippen LogP contribution in [0.1, 0.15) is 45.1 Å². The summed E-state index contributed by atoms with van der Waals surface area (Å²) in [5, 5.41) is 2.86. The molecule has 0 bridgehead atoms. The monoisotopic (exact) mass is 336 g/mol. The van der Waals surface area contributed by atoms with E-state index in [0.717, 1.165) is 28.7 Å². The second kappa shape index (κ2) is 7.97. The van der Waals surface area contributed by atoms with Crippen LogP contribution in [0.4, 0.5) is 5.69 Å².